The van der Waals surface area contributed by atoms with Gasteiger partial charge in [0.2, 0.25) is 0 Å². The topological polar surface area (TPSA) is 12.9 Å². The molecule has 0 N–H and O–H groups in total. The summed E-state index contributed by atoms with van der Waals surface area (Å²) in [5.74, 6) is 0.281. The minimum Gasteiger partial charge on any atom is -0.265 e. The highest BCUT2D eigenvalue weighted by atomic mass is 79.9. The summed E-state index contributed by atoms with van der Waals surface area (Å²) in [4.78, 5) is 4.15. The van der Waals surface area contributed by atoms with Crippen LogP contribution in [0.25, 0.3) is 0 Å². The van der Waals surface area contributed by atoms with Gasteiger partial charge in [-0.15, -0.1) is 0 Å². The van der Waals surface area contributed by atoms with Crippen molar-refractivity contribution in [1.29, 1.82) is 0 Å². The van der Waals surface area contributed by atoms with Crippen molar-refractivity contribution in [3.63, 3.8) is 0 Å². The zero-order valence-electron chi connectivity index (χ0n) is 9.78. The van der Waals surface area contributed by atoms with Gasteiger partial charge in [-0.1, -0.05) is 46.1 Å². The van der Waals surface area contributed by atoms with Crippen LogP contribution in [0.4, 0.5) is 0 Å². The van der Waals surface area contributed by atoms with Gasteiger partial charge in [0.1, 0.15) is 0 Å². The van der Waals surface area contributed by atoms with Gasteiger partial charge in [0.05, 0.1) is 0 Å². The summed E-state index contributed by atoms with van der Waals surface area (Å²) >= 11 is 16.0. The maximum absolute atomic E-state index is 6.22. The van der Waals surface area contributed by atoms with E-state index < -0.39 is 0 Å². The second-order valence-corrected chi connectivity index (χ2v) is 5.97. The maximum atomic E-state index is 6.22. The molecular weight excluding hydrogens is 333 g/mol. The van der Waals surface area contributed by atoms with Crippen molar-refractivity contribution in [3.8, 4) is 0 Å². The first-order valence-electron chi connectivity index (χ1n) is 5.58. The summed E-state index contributed by atoms with van der Waals surface area (Å²) in [6.07, 6.45) is 3.59. The van der Waals surface area contributed by atoms with Crippen LogP contribution in [0.5, 0.6) is 0 Å². The van der Waals surface area contributed by atoms with Crippen LogP contribution in [-0.2, 0) is 0 Å². The lowest BCUT2D eigenvalue weighted by molar-refractivity contribution is 0.750. The molecule has 0 saturated carbocycles. The number of rotatable bonds is 3. The molecule has 2 rings (SSSR count). The molecule has 0 amide bonds. The van der Waals surface area contributed by atoms with E-state index in [0.717, 1.165) is 10.6 Å². The molecular formula is C14H12BrCl2N. The zero-order valence-corrected chi connectivity index (χ0v) is 12.9. The van der Waals surface area contributed by atoms with Crippen molar-refractivity contribution < 1.29 is 0 Å². The van der Waals surface area contributed by atoms with E-state index in [1.807, 2.05) is 24.3 Å². The molecule has 2 atom stereocenters. The van der Waals surface area contributed by atoms with Crippen molar-refractivity contribution in [2.24, 2.45) is 0 Å². The highest BCUT2D eigenvalue weighted by Gasteiger charge is 2.20. The Morgan fingerprint density at radius 1 is 1.11 bits per heavy atom. The number of aromatic nitrogens is 1. The molecule has 0 fully saturated rings. The molecule has 1 aromatic carbocycles. The van der Waals surface area contributed by atoms with Gasteiger partial charge >= 0.3 is 0 Å². The van der Waals surface area contributed by atoms with Gasteiger partial charge < -0.3 is 0 Å². The summed E-state index contributed by atoms with van der Waals surface area (Å²) < 4.78 is 0. The SMILES string of the molecule is CC(c1ccncc1)C(Br)c1cc(Cl)ccc1Cl. The number of benzene rings is 1. The lowest BCUT2D eigenvalue weighted by Gasteiger charge is -2.20. The van der Waals surface area contributed by atoms with Crippen molar-refractivity contribution in [1.82, 2.24) is 4.98 Å². The predicted octanol–water partition coefficient (Wildman–Crippen LogP) is 5.63. The predicted molar refractivity (Wildman–Crippen MR) is 80.8 cm³/mol. The van der Waals surface area contributed by atoms with Crippen LogP contribution >= 0.6 is 39.1 Å². The molecule has 0 bridgehead atoms. The molecule has 0 aliphatic rings. The van der Waals surface area contributed by atoms with Crippen LogP contribution < -0.4 is 0 Å². The molecule has 18 heavy (non-hydrogen) atoms. The Balaban J connectivity index is 2.31. The van der Waals surface area contributed by atoms with Crippen molar-refractivity contribution >= 4 is 39.1 Å². The molecule has 4 heteroatoms. The first kappa shape index (κ1) is 13.9. The third-order valence-electron chi connectivity index (χ3n) is 2.93. The van der Waals surface area contributed by atoms with E-state index in [-0.39, 0.29) is 10.7 Å². The van der Waals surface area contributed by atoms with Crippen LogP contribution in [0.2, 0.25) is 10.0 Å². The normalized spacial score (nSPS) is 14.2. The highest BCUT2D eigenvalue weighted by molar-refractivity contribution is 9.09. The van der Waals surface area contributed by atoms with Crippen LogP contribution in [-0.4, -0.2) is 4.98 Å². The van der Waals surface area contributed by atoms with E-state index in [2.05, 4.69) is 27.8 Å². The van der Waals surface area contributed by atoms with E-state index in [0.29, 0.717) is 5.02 Å². The van der Waals surface area contributed by atoms with Crippen molar-refractivity contribution in [3.05, 3.63) is 63.9 Å². The molecule has 0 radical (unpaired) electrons. The lowest BCUT2D eigenvalue weighted by atomic mass is 9.94. The van der Waals surface area contributed by atoms with Gasteiger partial charge in [0.15, 0.2) is 0 Å². The van der Waals surface area contributed by atoms with Gasteiger partial charge in [-0.2, -0.15) is 0 Å². The van der Waals surface area contributed by atoms with Crippen LogP contribution in [0, 0.1) is 0 Å². The number of hydrogen-bond acceptors (Lipinski definition) is 1. The molecule has 2 unspecified atom stereocenters. The highest BCUT2D eigenvalue weighted by Crippen LogP contribution is 2.41. The Bertz CT molecular complexity index is 531. The largest absolute Gasteiger partial charge is 0.265 e. The fourth-order valence-corrected chi connectivity index (χ4v) is 3.06. The third-order valence-corrected chi connectivity index (χ3v) is 4.79. The number of pyridine rings is 1. The van der Waals surface area contributed by atoms with Crippen LogP contribution in [0.1, 0.15) is 28.8 Å². The summed E-state index contributed by atoms with van der Waals surface area (Å²) in [6, 6.07) is 9.55. The monoisotopic (exact) mass is 343 g/mol. The van der Waals surface area contributed by atoms with Gasteiger partial charge in [0.25, 0.3) is 0 Å². The number of hydrogen-bond donors (Lipinski definition) is 0. The van der Waals surface area contributed by atoms with E-state index in [1.165, 1.54) is 5.56 Å². The Hall–Kier alpha value is -0.570. The van der Waals surface area contributed by atoms with Gasteiger partial charge in [-0.3, -0.25) is 4.98 Å². The average molecular weight is 345 g/mol. The number of alkyl halides is 1. The summed E-state index contributed by atoms with van der Waals surface area (Å²) in [5.41, 5.74) is 2.22. The van der Waals surface area contributed by atoms with Crippen LogP contribution in [0.3, 0.4) is 0 Å². The molecule has 1 aromatic heterocycles. The number of halogens is 3. The number of nitrogens with zero attached hydrogens (tertiary/aromatic N) is 1. The smallest absolute Gasteiger partial charge is 0.0476 e. The molecule has 0 aliphatic carbocycles. The molecule has 1 heterocycles. The standard InChI is InChI=1S/C14H12BrCl2N/c1-9(10-4-6-18-7-5-10)14(15)12-8-11(16)2-3-13(12)17/h2-9,14H,1H3. The Morgan fingerprint density at radius 2 is 1.78 bits per heavy atom. The Morgan fingerprint density at radius 3 is 2.44 bits per heavy atom. The summed E-state index contributed by atoms with van der Waals surface area (Å²) in [5, 5.41) is 1.42. The Labute approximate surface area is 125 Å². The van der Waals surface area contributed by atoms with Crippen molar-refractivity contribution in [2.45, 2.75) is 17.7 Å². The molecule has 1 nitrogen and oxygen atoms in total. The molecule has 0 saturated heterocycles. The van der Waals surface area contributed by atoms with Crippen molar-refractivity contribution in [2.75, 3.05) is 0 Å². The van der Waals surface area contributed by atoms with E-state index >= 15 is 0 Å². The Kier molecular flexibility index (Phi) is 4.66. The minimum atomic E-state index is 0.117. The minimum absolute atomic E-state index is 0.117. The lowest BCUT2D eigenvalue weighted by Crippen LogP contribution is -2.03. The average Bonchev–Trinajstić information content (AvgIpc) is 2.41. The van der Waals surface area contributed by atoms with Crippen LogP contribution in [0.15, 0.2) is 42.7 Å². The molecule has 94 valence electrons. The van der Waals surface area contributed by atoms with E-state index in [1.54, 1.807) is 18.5 Å². The fraction of sp³-hybridized carbons (Fsp3) is 0.214. The fourth-order valence-electron chi connectivity index (χ4n) is 1.83. The van der Waals surface area contributed by atoms with Gasteiger partial charge in [-0.05, 0) is 47.4 Å². The maximum Gasteiger partial charge on any atom is 0.0476 e. The first-order valence-corrected chi connectivity index (χ1v) is 7.25. The van der Waals surface area contributed by atoms with Gasteiger partial charge in [-0.25, -0.2) is 0 Å². The second-order valence-electron chi connectivity index (χ2n) is 4.14. The van der Waals surface area contributed by atoms with E-state index in [4.69, 9.17) is 23.2 Å². The molecule has 2 aromatic rings. The zero-order chi connectivity index (χ0) is 13.1. The first-order chi connectivity index (χ1) is 8.59. The summed E-state index contributed by atoms with van der Waals surface area (Å²) in [6.45, 7) is 2.14. The van der Waals surface area contributed by atoms with Gasteiger partial charge in [0, 0.05) is 27.3 Å². The molecule has 0 spiro atoms. The quantitative estimate of drug-likeness (QED) is 0.657. The molecule has 0 aliphatic heterocycles. The summed E-state index contributed by atoms with van der Waals surface area (Å²) in [7, 11) is 0. The third kappa shape index (κ3) is 3.05. The van der Waals surface area contributed by atoms with E-state index in [9.17, 15) is 0 Å². The second kappa shape index (κ2) is 6.05.